The molecule has 0 spiro atoms. The van der Waals surface area contributed by atoms with Crippen LogP contribution in [0.15, 0.2) is 77.4 Å². The van der Waals surface area contributed by atoms with Crippen LogP contribution >= 0.6 is 24.8 Å². The molecule has 0 bridgehead atoms. The van der Waals surface area contributed by atoms with E-state index in [0.717, 1.165) is 0 Å². The summed E-state index contributed by atoms with van der Waals surface area (Å²) in [5.41, 5.74) is 8.41. The monoisotopic (exact) mass is 574 g/mol. The maximum absolute atomic E-state index is 3.36. The standard InChI is InChI=1S/C16H13.C9H13.C4H10Si.2ClH.Zr/c1-12-10-14-8-5-9-15(16(14)11-12)13-6-3-2-4-7-13;1-6-5-7(2)9(4)8(6)3;1-3-5-4-2;;;/h2-11H,1H3;6H,1-4H3;3-4H2,1-2H3;2*1H;/q2*-1;;;;+2. The number of hydrogen-bond donors (Lipinski definition) is 0. The van der Waals surface area contributed by atoms with E-state index in [0.29, 0.717) is 5.92 Å². The number of benzene rings is 2. The Bertz CT molecular complexity index is 1070. The zero-order chi connectivity index (χ0) is 23.0. The van der Waals surface area contributed by atoms with Crippen LogP contribution in [0.4, 0.5) is 0 Å². The van der Waals surface area contributed by atoms with Crippen molar-refractivity contribution < 1.29 is 23.3 Å². The van der Waals surface area contributed by atoms with Crippen molar-refractivity contribution in [3.05, 3.63) is 89.0 Å². The molecule has 0 fully saturated rings. The molecule has 0 N–H and O–H groups in total. The summed E-state index contributed by atoms with van der Waals surface area (Å²) in [6.45, 7) is 15.4. The number of allylic oxidation sites excluding steroid dienone is 4. The van der Waals surface area contributed by atoms with Gasteiger partial charge in [0.15, 0.2) is 0 Å². The van der Waals surface area contributed by atoms with E-state index in [-0.39, 0.29) is 30.2 Å². The number of halogens is 2. The summed E-state index contributed by atoms with van der Waals surface area (Å²) in [5, 5.41) is 2.69. The minimum absolute atomic E-state index is 0. The summed E-state index contributed by atoms with van der Waals surface area (Å²) in [6, 6.07) is 24.5. The van der Waals surface area contributed by atoms with E-state index in [2.05, 4.69) is 115 Å². The minimum Gasteiger partial charge on any atom is -0.165 e. The van der Waals surface area contributed by atoms with Crippen molar-refractivity contribution in [3.63, 3.8) is 0 Å². The van der Waals surface area contributed by atoms with Gasteiger partial charge in [-0.1, -0.05) is 75.6 Å². The molecule has 33 heavy (non-hydrogen) atoms. The number of hydrogen-bond acceptors (Lipinski definition) is 0. The fraction of sp³-hybridized carbons (Fsp3) is 0.345. The van der Waals surface area contributed by atoms with Gasteiger partial charge in [0.25, 0.3) is 0 Å². The van der Waals surface area contributed by atoms with E-state index in [4.69, 9.17) is 0 Å². The SMILES string of the molecule is CC1=[C-]C(C)C(C)=C1C.CC[Si](=[Zr+2])CC.Cc1cc2c(-c3ccccc3)cccc2[cH-]1.Cl.Cl. The van der Waals surface area contributed by atoms with Gasteiger partial charge in [-0.05, 0) is 5.56 Å². The Morgan fingerprint density at radius 3 is 1.94 bits per heavy atom. The Morgan fingerprint density at radius 2 is 1.52 bits per heavy atom. The summed E-state index contributed by atoms with van der Waals surface area (Å²) in [4.78, 5) is 0. The number of aryl methyl sites for hydroxylation is 1. The zero-order valence-corrected chi connectivity index (χ0v) is 26.2. The molecule has 3 aromatic rings. The van der Waals surface area contributed by atoms with Crippen LogP contribution in [0.2, 0.25) is 12.1 Å². The van der Waals surface area contributed by atoms with E-state index in [9.17, 15) is 0 Å². The van der Waals surface area contributed by atoms with Crippen LogP contribution in [0.25, 0.3) is 21.9 Å². The Balaban J connectivity index is 0.000000518. The molecule has 0 aromatic heterocycles. The second kappa shape index (κ2) is 16.0. The van der Waals surface area contributed by atoms with Gasteiger partial charge in [-0.15, -0.1) is 66.3 Å². The molecule has 3 aromatic carbocycles. The Morgan fingerprint density at radius 1 is 0.909 bits per heavy atom. The molecule has 0 nitrogen and oxygen atoms in total. The van der Waals surface area contributed by atoms with Gasteiger partial charge in [0, 0.05) is 0 Å². The molecule has 1 unspecified atom stereocenters. The van der Waals surface area contributed by atoms with Gasteiger partial charge in [-0.25, -0.2) is 5.57 Å². The normalized spacial score (nSPS) is 14.2. The Labute approximate surface area is 229 Å². The summed E-state index contributed by atoms with van der Waals surface area (Å²) in [6.07, 6.45) is 3.36. The average Bonchev–Trinajstić information content (AvgIpc) is 3.28. The maximum Gasteiger partial charge on any atom is -0.0279 e. The third-order valence-corrected chi connectivity index (χ3v) is 13.0. The quantitative estimate of drug-likeness (QED) is 0.215. The van der Waals surface area contributed by atoms with Crippen molar-refractivity contribution in [3.8, 4) is 11.1 Å². The minimum atomic E-state index is 0. The zero-order valence-electron chi connectivity index (χ0n) is 21.1. The third kappa shape index (κ3) is 9.41. The van der Waals surface area contributed by atoms with Gasteiger partial charge in [0.1, 0.15) is 0 Å². The van der Waals surface area contributed by atoms with E-state index < -0.39 is 0 Å². The van der Waals surface area contributed by atoms with E-state index in [1.807, 2.05) is 0 Å². The van der Waals surface area contributed by atoms with Crippen molar-refractivity contribution in [2.45, 2.75) is 60.6 Å². The van der Waals surface area contributed by atoms with Crippen molar-refractivity contribution in [2.24, 2.45) is 5.92 Å². The summed E-state index contributed by atoms with van der Waals surface area (Å²) in [7, 11) is 0. The first-order chi connectivity index (χ1) is 14.8. The first kappa shape index (κ1) is 32.2. The second-order valence-electron chi connectivity index (χ2n) is 8.32. The van der Waals surface area contributed by atoms with Crippen LogP contribution in [-0.2, 0) is 23.3 Å². The molecule has 0 radical (unpaired) electrons. The van der Waals surface area contributed by atoms with Crippen LogP contribution < -0.4 is 0 Å². The van der Waals surface area contributed by atoms with Crippen molar-refractivity contribution in [1.82, 2.24) is 0 Å². The van der Waals surface area contributed by atoms with Crippen LogP contribution in [0.1, 0.15) is 47.1 Å². The maximum atomic E-state index is 3.36. The van der Waals surface area contributed by atoms with E-state index >= 15 is 0 Å². The molecule has 1 aliphatic rings. The van der Waals surface area contributed by atoms with Gasteiger partial charge in [-0.3, -0.25) is 6.08 Å². The van der Waals surface area contributed by atoms with Crippen molar-refractivity contribution in [2.75, 3.05) is 0 Å². The fourth-order valence-corrected chi connectivity index (χ4v) is 4.17. The van der Waals surface area contributed by atoms with Crippen LogP contribution in [0, 0.1) is 18.9 Å². The summed E-state index contributed by atoms with van der Waals surface area (Å²) >= 11 is 1.80. The van der Waals surface area contributed by atoms with Gasteiger partial charge >= 0.3 is 54.7 Å². The average molecular weight is 577 g/mol. The topological polar surface area (TPSA) is 0 Å². The largest absolute Gasteiger partial charge is 0.165 e. The van der Waals surface area contributed by atoms with Crippen LogP contribution in [0.3, 0.4) is 0 Å². The third-order valence-electron chi connectivity index (χ3n) is 6.07. The molecule has 176 valence electrons. The van der Waals surface area contributed by atoms with Gasteiger partial charge in [0.2, 0.25) is 0 Å². The summed E-state index contributed by atoms with van der Waals surface area (Å²) in [5.74, 6) is 0.560. The summed E-state index contributed by atoms with van der Waals surface area (Å²) < 4.78 is 0. The molecule has 4 heteroatoms. The molecule has 1 atom stereocenters. The van der Waals surface area contributed by atoms with Gasteiger partial charge < -0.3 is 0 Å². The first-order valence-corrected chi connectivity index (χ1v) is 16.9. The smallest absolute Gasteiger partial charge is 0.0279 e. The second-order valence-corrected chi connectivity index (χ2v) is 16.2. The van der Waals surface area contributed by atoms with Gasteiger partial charge in [0.05, 0.1) is 0 Å². The Kier molecular flexibility index (Phi) is 15.6. The van der Waals surface area contributed by atoms with Crippen molar-refractivity contribution >= 4 is 41.0 Å². The molecule has 0 saturated carbocycles. The molecule has 0 amide bonds. The first-order valence-electron chi connectivity index (χ1n) is 11.3. The molecular weight excluding hydrogens is 539 g/mol. The molecule has 1 aliphatic carbocycles. The number of fused-ring (bicyclic) bond motifs is 1. The molecule has 0 saturated heterocycles. The predicted octanol–water partition coefficient (Wildman–Crippen LogP) is 9.66. The molecule has 0 aliphatic heterocycles. The van der Waals surface area contributed by atoms with E-state index in [1.54, 1.807) is 23.3 Å². The van der Waals surface area contributed by atoms with Crippen LogP contribution in [-0.4, -0.2) is 5.43 Å². The molecular formula is C29H38Cl2SiZr. The molecule has 0 heterocycles. The molecule has 4 rings (SSSR count). The number of rotatable bonds is 3. The fourth-order valence-electron chi connectivity index (χ4n) is 3.67. The predicted molar refractivity (Wildman–Crippen MR) is 151 cm³/mol. The van der Waals surface area contributed by atoms with Crippen LogP contribution in [0.5, 0.6) is 0 Å². The van der Waals surface area contributed by atoms with Crippen molar-refractivity contribution in [1.29, 1.82) is 0 Å². The Hall–Kier alpha value is -0.790. The van der Waals surface area contributed by atoms with Gasteiger partial charge in [-0.2, -0.15) is 17.2 Å². The van der Waals surface area contributed by atoms with E-state index in [1.165, 1.54) is 56.3 Å².